The van der Waals surface area contributed by atoms with Crippen LogP contribution in [0.3, 0.4) is 0 Å². The van der Waals surface area contributed by atoms with Crippen LogP contribution in [-0.2, 0) is 4.79 Å². The normalized spacial score (nSPS) is 34.0. The van der Waals surface area contributed by atoms with Crippen molar-refractivity contribution in [2.45, 2.75) is 73.1 Å². The summed E-state index contributed by atoms with van der Waals surface area (Å²) in [5.74, 6) is 2.68. The molecule has 100 valence electrons. The zero-order valence-corrected chi connectivity index (χ0v) is 12.4. The number of Topliss-reactive ketones (excluding diaryl/α,β-unsaturated/α-hetero) is 1. The van der Waals surface area contributed by atoms with Gasteiger partial charge in [-0.2, -0.15) is 0 Å². The fourth-order valence-corrected chi connectivity index (χ4v) is 4.08. The maximum absolute atomic E-state index is 11.2. The molecule has 0 unspecified atom stereocenters. The first-order valence-corrected chi connectivity index (χ1v) is 7.34. The average molecular weight is 238 g/mol. The van der Waals surface area contributed by atoms with Crippen molar-refractivity contribution in [3.8, 4) is 0 Å². The molecule has 17 heavy (non-hydrogen) atoms. The van der Waals surface area contributed by atoms with E-state index in [1.54, 1.807) is 6.92 Å². The lowest BCUT2D eigenvalue weighted by Gasteiger charge is -2.46. The van der Waals surface area contributed by atoms with Crippen LogP contribution in [0.2, 0.25) is 0 Å². The molecular weight excluding hydrogens is 208 g/mol. The third kappa shape index (κ3) is 4.12. The van der Waals surface area contributed by atoms with Gasteiger partial charge in [-0.15, -0.1) is 0 Å². The van der Waals surface area contributed by atoms with E-state index >= 15 is 0 Å². The van der Waals surface area contributed by atoms with Crippen LogP contribution in [0.4, 0.5) is 0 Å². The Kier molecular flexibility index (Phi) is 5.22. The van der Waals surface area contributed by atoms with Crippen LogP contribution in [0.1, 0.15) is 73.1 Å². The summed E-state index contributed by atoms with van der Waals surface area (Å²) in [4.78, 5) is 11.2. The summed E-state index contributed by atoms with van der Waals surface area (Å²) in [6.07, 6.45) is 7.30. The smallest absolute Gasteiger partial charge is 0.129 e. The molecule has 0 spiro atoms. The molecule has 0 aromatic rings. The van der Waals surface area contributed by atoms with Crippen molar-refractivity contribution in [1.29, 1.82) is 0 Å². The fourth-order valence-electron chi connectivity index (χ4n) is 4.08. The lowest BCUT2D eigenvalue weighted by atomic mass is 9.59. The summed E-state index contributed by atoms with van der Waals surface area (Å²) in [7, 11) is 0. The van der Waals surface area contributed by atoms with E-state index < -0.39 is 0 Å². The van der Waals surface area contributed by atoms with Crippen LogP contribution in [0.5, 0.6) is 0 Å². The minimum Gasteiger partial charge on any atom is -0.300 e. The molecule has 0 heterocycles. The van der Waals surface area contributed by atoms with E-state index in [1.807, 2.05) is 0 Å². The Hall–Kier alpha value is -0.330. The molecule has 1 fully saturated rings. The van der Waals surface area contributed by atoms with E-state index in [4.69, 9.17) is 0 Å². The van der Waals surface area contributed by atoms with Gasteiger partial charge in [0.15, 0.2) is 0 Å². The Morgan fingerprint density at radius 1 is 1.41 bits per heavy atom. The second kappa shape index (κ2) is 6.02. The highest BCUT2D eigenvalue weighted by Gasteiger charge is 2.40. The van der Waals surface area contributed by atoms with E-state index in [2.05, 4.69) is 27.7 Å². The van der Waals surface area contributed by atoms with Crippen molar-refractivity contribution in [1.82, 2.24) is 0 Å². The lowest BCUT2D eigenvalue weighted by Crippen LogP contribution is -2.37. The monoisotopic (exact) mass is 238 g/mol. The molecule has 1 nitrogen and oxygen atoms in total. The molecule has 1 rings (SSSR count). The summed E-state index contributed by atoms with van der Waals surface area (Å²) >= 11 is 0. The van der Waals surface area contributed by atoms with Gasteiger partial charge in [0, 0.05) is 6.42 Å². The molecule has 0 radical (unpaired) electrons. The van der Waals surface area contributed by atoms with Gasteiger partial charge in [0.25, 0.3) is 0 Å². The summed E-state index contributed by atoms with van der Waals surface area (Å²) in [5, 5.41) is 0. The van der Waals surface area contributed by atoms with Crippen LogP contribution in [0.15, 0.2) is 0 Å². The Morgan fingerprint density at radius 3 is 2.59 bits per heavy atom. The molecule has 0 amide bonds. The van der Waals surface area contributed by atoms with Crippen molar-refractivity contribution >= 4 is 5.78 Å². The van der Waals surface area contributed by atoms with Crippen molar-refractivity contribution in [3.05, 3.63) is 0 Å². The van der Waals surface area contributed by atoms with Crippen LogP contribution < -0.4 is 0 Å². The molecule has 1 aliphatic carbocycles. The third-order valence-electron chi connectivity index (χ3n) is 4.67. The van der Waals surface area contributed by atoms with Gasteiger partial charge in [-0.05, 0) is 49.4 Å². The first-order valence-electron chi connectivity index (χ1n) is 7.34. The maximum Gasteiger partial charge on any atom is 0.129 e. The largest absolute Gasteiger partial charge is 0.300 e. The maximum atomic E-state index is 11.2. The number of rotatable bonds is 5. The average Bonchev–Trinajstić information content (AvgIpc) is 2.14. The topological polar surface area (TPSA) is 17.1 Å². The van der Waals surface area contributed by atoms with E-state index in [0.717, 1.165) is 30.6 Å². The minimum absolute atomic E-state index is 0.356. The number of hydrogen-bond donors (Lipinski definition) is 0. The zero-order chi connectivity index (χ0) is 13.1. The molecule has 1 aliphatic rings. The van der Waals surface area contributed by atoms with Gasteiger partial charge in [0.2, 0.25) is 0 Å². The summed E-state index contributed by atoms with van der Waals surface area (Å²) < 4.78 is 0. The van der Waals surface area contributed by atoms with Gasteiger partial charge in [0.05, 0.1) is 0 Å². The molecule has 0 saturated heterocycles. The Morgan fingerprint density at radius 2 is 2.06 bits per heavy atom. The quantitative estimate of drug-likeness (QED) is 0.669. The van der Waals surface area contributed by atoms with Crippen LogP contribution in [-0.4, -0.2) is 5.78 Å². The summed E-state index contributed by atoms with van der Waals surface area (Å²) in [6.45, 7) is 11.2. The molecule has 3 atom stereocenters. The lowest BCUT2D eigenvalue weighted by molar-refractivity contribution is -0.117. The van der Waals surface area contributed by atoms with Crippen LogP contribution in [0.25, 0.3) is 0 Å². The van der Waals surface area contributed by atoms with Crippen molar-refractivity contribution in [2.75, 3.05) is 0 Å². The van der Waals surface area contributed by atoms with Gasteiger partial charge in [-0.25, -0.2) is 0 Å². The second-order valence-corrected chi connectivity index (χ2v) is 6.97. The van der Waals surface area contributed by atoms with Gasteiger partial charge < -0.3 is 4.79 Å². The van der Waals surface area contributed by atoms with Crippen LogP contribution in [0, 0.1) is 23.2 Å². The number of carbonyl (C=O) groups excluding carboxylic acids is 1. The van der Waals surface area contributed by atoms with Gasteiger partial charge in [-0.3, -0.25) is 0 Å². The highest BCUT2D eigenvalue weighted by Crippen LogP contribution is 2.49. The zero-order valence-electron chi connectivity index (χ0n) is 12.4. The summed E-state index contributed by atoms with van der Waals surface area (Å²) in [5.41, 5.74) is 0.473. The second-order valence-electron chi connectivity index (χ2n) is 6.97. The molecule has 0 bridgehead atoms. The first-order chi connectivity index (χ1) is 7.85. The molecule has 0 aromatic heterocycles. The predicted molar refractivity (Wildman–Crippen MR) is 74.0 cm³/mol. The van der Waals surface area contributed by atoms with E-state index in [0.29, 0.717) is 11.2 Å². The van der Waals surface area contributed by atoms with E-state index in [-0.39, 0.29) is 0 Å². The molecule has 0 aliphatic heterocycles. The van der Waals surface area contributed by atoms with Gasteiger partial charge in [0.1, 0.15) is 5.78 Å². The molecule has 0 N–H and O–H groups in total. The molecular formula is C16H30O. The van der Waals surface area contributed by atoms with Crippen molar-refractivity contribution in [2.24, 2.45) is 23.2 Å². The third-order valence-corrected chi connectivity index (χ3v) is 4.67. The number of ketones is 1. The summed E-state index contributed by atoms with van der Waals surface area (Å²) in [6, 6.07) is 0. The standard InChI is InChI=1S/C16H30O/c1-12(2)11-16(5)10-6-7-13(3)15(16)9-8-14(4)17/h12-13,15H,6-11H2,1-5H3/t13-,15-,16-/m1/s1. The molecule has 0 aromatic carbocycles. The molecule has 1 saturated carbocycles. The first kappa shape index (κ1) is 14.7. The Balaban J connectivity index is 2.72. The van der Waals surface area contributed by atoms with E-state index in [9.17, 15) is 4.79 Å². The Bertz CT molecular complexity index is 256. The van der Waals surface area contributed by atoms with E-state index in [1.165, 1.54) is 25.7 Å². The van der Waals surface area contributed by atoms with Gasteiger partial charge >= 0.3 is 0 Å². The Labute approximate surface area is 107 Å². The number of hydrogen-bond acceptors (Lipinski definition) is 1. The fraction of sp³-hybridized carbons (Fsp3) is 0.938. The highest BCUT2D eigenvalue weighted by molar-refractivity contribution is 5.75. The minimum atomic E-state index is 0.356. The van der Waals surface area contributed by atoms with Crippen LogP contribution >= 0.6 is 0 Å². The SMILES string of the molecule is CC(=O)CC[C@@H]1[C@H](C)CCC[C@]1(C)CC(C)C. The highest BCUT2D eigenvalue weighted by atomic mass is 16.1. The predicted octanol–water partition coefficient (Wildman–Crippen LogP) is 4.84. The molecule has 1 heteroatoms. The van der Waals surface area contributed by atoms with Gasteiger partial charge in [-0.1, -0.05) is 40.5 Å². The number of carbonyl (C=O) groups is 1. The van der Waals surface area contributed by atoms with Crippen molar-refractivity contribution < 1.29 is 4.79 Å². The van der Waals surface area contributed by atoms with Crippen molar-refractivity contribution in [3.63, 3.8) is 0 Å².